The van der Waals surface area contributed by atoms with Crippen molar-refractivity contribution in [3.05, 3.63) is 53.5 Å². The number of para-hydroxylation sites is 1. The number of guanidine groups is 1. The molecule has 100 valence electrons. The Kier molecular flexibility index (Phi) is 2.24. The number of anilines is 1. The van der Waals surface area contributed by atoms with Crippen LogP contribution in [0.5, 0.6) is 0 Å². The lowest BCUT2D eigenvalue weighted by Crippen LogP contribution is -2.28. The Labute approximate surface area is 116 Å². The van der Waals surface area contributed by atoms with E-state index in [0.717, 1.165) is 23.0 Å². The molecule has 0 saturated carbocycles. The number of amidine groups is 1. The topological polar surface area (TPSA) is 75.9 Å². The monoisotopic (exact) mass is 266 g/mol. The smallest absolute Gasteiger partial charge is 0.217 e. The minimum atomic E-state index is -0.160. The summed E-state index contributed by atoms with van der Waals surface area (Å²) in [6.07, 6.45) is 0. The Morgan fingerprint density at radius 2 is 2.05 bits per heavy atom. The van der Waals surface area contributed by atoms with Crippen LogP contribution >= 0.6 is 0 Å². The van der Waals surface area contributed by atoms with E-state index in [1.807, 2.05) is 37.3 Å². The molecule has 4 rings (SSSR count). The van der Waals surface area contributed by atoms with Crippen molar-refractivity contribution >= 4 is 17.5 Å². The minimum absolute atomic E-state index is 0.0454. The van der Waals surface area contributed by atoms with Gasteiger partial charge in [0, 0.05) is 5.69 Å². The lowest BCUT2D eigenvalue weighted by atomic mass is 9.90. The SMILES string of the molecule is Cc1ccc(C2N=C(N)N=C3Nc4ccccc4C32)o1. The molecule has 0 aliphatic carbocycles. The van der Waals surface area contributed by atoms with Crippen molar-refractivity contribution in [3.63, 3.8) is 0 Å². The third-order valence-electron chi connectivity index (χ3n) is 3.73. The zero-order valence-electron chi connectivity index (χ0n) is 11.0. The second-order valence-electron chi connectivity index (χ2n) is 5.07. The molecule has 5 heteroatoms. The first-order valence-electron chi connectivity index (χ1n) is 6.56. The normalized spacial score (nSPS) is 23.4. The molecule has 0 saturated heterocycles. The zero-order chi connectivity index (χ0) is 13.7. The van der Waals surface area contributed by atoms with Gasteiger partial charge in [-0.3, -0.25) is 0 Å². The Morgan fingerprint density at radius 1 is 1.20 bits per heavy atom. The van der Waals surface area contributed by atoms with Crippen molar-refractivity contribution in [2.75, 3.05) is 5.32 Å². The highest BCUT2D eigenvalue weighted by atomic mass is 16.3. The summed E-state index contributed by atoms with van der Waals surface area (Å²) in [7, 11) is 0. The van der Waals surface area contributed by atoms with Gasteiger partial charge in [-0.05, 0) is 30.7 Å². The van der Waals surface area contributed by atoms with Crippen molar-refractivity contribution < 1.29 is 4.42 Å². The van der Waals surface area contributed by atoms with Gasteiger partial charge in [0.25, 0.3) is 0 Å². The van der Waals surface area contributed by atoms with Gasteiger partial charge in [0.05, 0.1) is 5.92 Å². The molecule has 1 aromatic heterocycles. The number of rotatable bonds is 1. The van der Waals surface area contributed by atoms with E-state index in [1.165, 1.54) is 5.56 Å². The lowest BCUT2D eigenvalue weighted by Gasteiger charge is -2.22. The van der Waals surface area contributed by atoms with Gasteiger partial charge >= 0.3 is 0 Å². The Morgan fingerprint density at radius 3 is 2.85 bits per heavy atom. The van der Waals surface area contributed by atoms with Crippen molar-refractivity contribution in [1.29, 1.82) is 0 Å². The molecule has 0 fully saturated rings. The van der Waals surface area contributed by atoms with Gasteiger partial charge in [-0.2, -0.15) is 4.99 Å². The fourth-order valence-electron chi connectivity index (χ4n) is 2.87. The van der Waals surface area contributed by atoms with Gasteiger partial charge in [-0.1, -0.05) is 18.2 Å². The first-order chi connectivity index (χ1) is 9.72. The van der Waals surface area contributed by atoms with Crippen LogP contribution in [0.2, 0.25) is 0 Å². The maximum atomic E-state index is 5.84. The Hall–Kier alpha value is -2.56. The summed E-state index contributed by atoms with van der Waals surface area (Å²) in [5, 5.41) is 3.32. The number of nitrogens with zero attached hydrogens (tertiary/aromatic N) is 2. The molecule has 3 N–H and O–H groups in total. The number of benzene rings is 1. The summed E-state index contributed by atoms with van der Waals surface area (Å²) in [5.74, 6) is 2.87. The van der Waals surface area contributed by atoms with E-state index in [0.29, 0.717) is 0 Å². The number of furan rings is 1. The van der Waals surface area contributed by atoms with E-state index < -0.39 is 0 Å². The molecule has 3 heterocycles. The molecule has 2 aliphatic heterocycles. The summed E-state index contributed by atoms with van der Waals surface area (Å²) in [6, 6.07) is 11.9. The van der Waals surface area contributed by atoms with Crippen molar-refractivity contribution in [2.24, 2.45) is 15.7 Å². The molecule has 2 aliphatic rings. The predicted molar refractivity (Wildman–Crippen MR) is 78.0 cm³/mol. The molecule has 0 spiro atoms. The van der Waals surface area contributed by atoms with Crippen molar-refractivity contribution in [1.82, 2.24) is 0 Å². The largest absolute Gasteiger partial charge is 0.464 e. The first kappa shape index (κ1) is 11.3. The number of nitrogens with one attached hydrogen (secondary N) is 1. The van der Waals surface area contributed by atoms with Crippen LogP contribution in [0, 0.1) is 6.92 Å². The van der Waals surface area contributed by atoms with Crippen LogP contribution in [0.3, 0.4) is 0 Å². The quantitative estimate of drug-likeness (QED) is 0.832. The standard InChI is InChI=1S/C15H14N4O/c1-8-6-7-11(20-8)13-12-9-4-2-3-5-10(9)17-14(12)19-15(16)18-13/h2-7,12-13H,1H3,(H3,16,17,18,19). The minimum Gasteiger partial charge on any atom is -0.464 e. The summed E-state index contributed by atoms with van der Waals surface area (Å²) in [6.45, 7) is 1.93. The third kappa shape index (κ3) is 1.56. The molecule has 5 nitrogen and oxygen atoms in total. The fourth-order valence-corrected chi connectivity index (χ4v) is 2.87. The average Bonchev–Trinajstić information content (AvgIpc) is 3.00. The average molecular weight is 266 g/mol. The summed E-state index contributed by atoms with van der Waals surface area (Å²) in [5.41, 5.74) is 8.09. The molecule has 2 aromatic rings. The zero-order valence-corrected chi connectivity index (χ0v) is 11.0. The Balaban J connectivity index is 1.85. The fraction of sp³-hybridized carbons (Fsp3) is 0.200. The van der Waals surface area contributed by atoms with Crippen LogP contribution in [0.4, 0.5) is 5.69 Å². The summed E-state index contributed by atoms with van der Waals surface area (Å²) < 4.78 is 5.75. The highest BCUT2D eigenvalue weighted by molar-refractivity contribution is 6.12. The number of nitrogens with two attached hydrogens (primary N) is 1. The van der Waals surface area contributed by atoms with E-state index in [-0.39, 0.29) is 17.9 Å². The summed E-state index contributed by atoms with van der Waals surface area (Å²) in [4.78, 5) is 8.81. The van der Waals surface area contributed by atoms with Gasteiger partial charge in [-0.25, -0.2) is 4.99 Å². The number of aryl methyl sites for hydroxylation is 1. The predicted octanol–water partition coefficient (Wildman–Crippen LogP) is 2.57. The Bertz CT molecular complexity index is 744. The van der Waals surface area contributed by atoms with E-state index in [2.05, 4.69) is 21.4 Å². The number of hydrogen-bond donors (Lipinski definition) is 2. The summed E-state index contributed by atoms with van der Waals surface area (Å²) >= 11 is 0. The first-order valence-corrected chi connectivity index (χ1v) is 6.56. The lowest BCUT2D eigenvalue weighted by molar-refractivity contribution is 0.437. The van der Waals surface area contributed by atoms with Crippen LogP contribution in [0.25, 0.3) is 0 Å². The van der Waals surface area contributed by atoms with E-state index in [4.69, 9.17) is 10.2 Å². The molecule has 2 atom stereocenters. The highest BCUT2D eigenvalue weighted by Crippen LogP contribution is 2.44. The van der Waals surface area contributed by atoms with Crippen LogP contribution < -0.4 is 11.1 Å². The number of aliphatic imine (C=N–C) groups is 2. The second kappa shape index (κ2) is 3.96. The van der Waals surface area contributed by atoms with Gasteiger partial charge in [-0.15, -0.1) is 0 Å². The van der Waals surface area contributed by atoms with Crippen LogP contribution in [-0.4, -0.2) is 11.8 Å². The molecule has 1 aromatic carbocycles. The van der Waals surface area contributed by atoms with Gasteiger partial charge in [0.1, 0.15) is 23.4 Å². The number of fused-ring (bicyclic) bond motifs is 3. The molecule has 0 bridgehead atoms. The van der Waals surface area contributed by atoms with Crippen LogP contribution in [0.1, 0.15) is 29.0 Å². The van der Waals surface area contributed by atoms with Crippen LogP contribution in [-0.2, 0) is 0 Å². The third-order valence-corrected chi connectivity index (χ3v) is 3.73. The maximum Gasteiger partial charge on any atom is 0.217 e. The van der Waals surface area contributed by atoms with E-state index >= 15 is 0 Å². The van der Waals surface area contributed by atoms with Crippen LogP contribution in [0.15, 0.2) is 50.8 Å². The highest BCUT2D eigenvalue weighted by Gasteiger charge is 2.39. The molecule has 0 radical (unpaired) electrons. The van der Waals surface area contributed by atoms with E-state index in [9.17, 15) is 0 Å². The van der Waals surface area contributed by atoms with Gasteiger partial charge in [0.15, 0.2) is 0 Å². The van der Waals surface area contributed by atoms with Gasteiger partial charge in [0.2, 0.25) is 5.96 Å². The molecular weight excluding hydrogens is 252 g/mol. The van der Waals surface area contributed by atoms with Gasteiger partial charge < -0.3 is 15.5 Å². The number of hydrogen-bond acceptors (Lipinski definition) is 5. The molecule has 20 heavy (non-hydrogen) atoms. The van der Waals surface area contributed by atoms with Crippen molar-refractivity contribution in [3.8, 4) is 0 Å². The molecular formula is C15H14N4O. The molecule has 0 amide bonds. The van der Waals surface area contributed by atoms with E-state index in [1.54, 1.807) is 0 Å². The molecule has 2 unspecified atom stereocenters. The second-order valence-corrected chi connectivity index (χ2v) is 5.07. The van der Waals surface area contributed by atoms with Crippen molar-refractivity contribution in [2.45, 2.75) is 18.9 Å². The maximum absolute atomic E-state index is 5.84.